The summed E-state index contributed by atoms with van der Waals surface area (Å²) in [5.74, 6) is 2.44. The van der Waals surface area contributed by atoms with Crippen LogP contribution < -0.4 is 18.9 Å². The van der Waals surface area contributed by atoms with Crippen molar-refractivity contribution in [3.8, 4) is 29.3 Å². The van der Waals surface area contributed by atoms with Gasteiger partial charge in [0, 0.05) is 50.7 Å². The highest BCUT2D eigenvalue weighted by molar-refractivity contribution is 5.74. The van der Waals surface area contributed by atoms with Gasteiger partial charge in [0.15, 0.2) is 23.7 Å². The Bertz CT molecular complexity index is 1580. The molecule has 0 saturated carbocycles. The smallest absolute Gasteiger partial charge is 0.257 e. The van der Waals surface area contributed by atoms with Crippen LogP contribution in [0, 0.1) is 11.3 Å². The van der Waals surface area contributed by atoms with Crippen LogP contribution in [0.15, 0.2) is 85.2 Å². The second-order valence-electron chi connectivity index (χ2n) is 10.7. The Morgan fingerprint density at radius 2 is 1.27 bits per heavy atom. The maximum absolute atomic E-state index is 10.6. The maximum atomic E-state index is 10.6. The van der Waals surface area contributed by atoms with E-state index in [1.165, 1.54) is 5.56 Å². The van der Waals surface area contributed by atoms with Crippen molar-refractivity contribution >= 4 is 6.29 Å². The summed E-state index contributed by atoms with van der Waals surface area (Å²) in [5.41, 5.74) is 4.01. The minimum Gasteiger partial charge on any atom is -0.484 e. The van der Waals surface area contributed by atoms with Gasteiger partial charge in [0.2, 0.25) is 0 Å². The van der Waals surface area contributed by atoms with Gasteiger partial charge in [-0.05, 0) is 41.0 Å². The molecule has 0 spiro atoms. The molecule has 0 aliphatic carbocycles. The highest BCUT2D eigenvalue weighted by atomic mass is 16.6. The Hall–Kier alpha value is -4.98. The number of carbonyl (C=O) groups excluding carboxylic acids is 1. The van der Waals surface area contributed by atoms with Gasteiger partial charge in [-0.1, -0.05) is 56.0 Å². The average molecular weight is 608 g/mol. The molecule has 0 unspecified atom stereocenters. The van der Waals surface area contributed by atoms with Crippen LogP contribution in [0.4, 0.5) is 0 Å². The Labute approximate surface area is 263 Å². The predicted molar refractivity (Wildman–Crippen MR) is 169 cm³/mol. The summed E-state index contributed by atoms with van der Waals surface area (Å²) in [6.45, 7) is 6.35. The first kappa shape index (κ1) is 31.4. The monoisotopic (exact) mass is 607 g/mol. The molecule has 3 aliphatic heterocycles. The van der Waals surface area contributed by atoms with E-state index in [1.54, 1.807) is 30.6 Å². The second kappa shape index (κ2) is 15.1. The lowest BCUT2D eigenvalue weighted by atomic mass is 10.1. The lowest BCUT2D eigenvalue weighted by molar-refractivity contribution is 0.0850. The molecule has 10 heteroatoms. The third kappa shape index (κ3) is 7.95. The third-order valence-electron chi connectivity index (χ3n) is 7.72. The minimum atomic E-state index is -0.187. The van der Waals surface area contributed by atoms with Gasteiger partial charge in [0.05, 0.1) is 12.6 Å². The van der Waals surface area contributed by atoms with Gasteiger partial charge in [-0.3, -0.25) is 14.6 Å². The normalized spacial score (nSPS) is 18.7. The first-order valence-electron chi connectivity index (χ1n) is 14.6. The van der Waals surface area contributed by atoms with Crippen molar-refractivity contribution in [1.82, 2.24) is 19.8 Å². The Morgan fingerprint density at radius 3 is 1.78 bits per heavy atom. The van der Waals surface area contributed by atoms with E-state index in [2.05, 4.69) is 50.1 Å². The van der Waals surface area contributed by atoms with E-state index < -0.39 is 0 Å². The van der Waals surface area contributed by atoms with Crippen molar-refractivity contribution < 1.29 is 23.7 Å². The van der Waals surface area contributed by atoms with Crippen molar-refractivity contribution in [3.63, 3.8) is 0 Å². The summed E-state index contributed by atoms with van der Waals surface area (Å²) >= 11 is 0. The van der Waals surface area contributed by atoms with Gasteiger partial charge < -0.3 is 18.9 Å². The second-order valence-corrected chi connectivity index (χ2v) is 10.7. The van der Waals surface area contributed by atoms with Crippen LogP contribution >= 0.6 is 0 Å². The maximum Gasteiger partial charge on any atom is 0.257 e. The number of benzene rings is 2. The molecule has 0 amide bonds. The number of nitriles is 1. The number of aromatic nitrogens is 2. The summed E-state index contributed by atoms with van der Waals surface area (Å²) in [5, 5.41) is 8.78. The van der Waals surface area contributed by atoms with Crippen molar-refractivity contribution in [3.05, 3.63) is 107 Å². The number of carbonyl (C=O) groups is 1. The van der Waals surface area contributed by atoms with Crippen molar-refractivity contribution in [2.45, 2.75) is 26.2 Å². The Morgan fingerprint density at radius 1 is 0.756 bits per heavy atom. The van der Waals surface area contributed by atoms with E-state index in [4.69, 9.17) is 24.2 Å². The molecular weight excluding hydrogens is 570 g/mol. The number of nitrogens with zero attached hydrogens (tertiary/aromatic N) is 5. The lowest BCUT2D eigenvalue weighted by Gasteiger charge is -2.33. The molecule has 10 nitrogen and oxygen atoms in total. The van der Waals surface area contributed by atoms with Crippen LogP contribution in [0.3, 0.4) is 0 Å². The first-order chi connectivity index (χ1) is 21.7. The van der Waals surface area contributed by atoms with Gasteiger partial charge in [0.25, 0.3) is 11.8 Å². The average Bonchev–Trinajstić information content (AvgIpc) is 3.09. The molecule has 2 atom stereocenters. The SMILES string of the molecule is C.N#CCN1CCN(Cc2ccc([C@H]3COc4cccnc4O3)cc2)CC1.O=Cc1ccc([C@H]2COc3cccnc3O2)cc1. The van der Waals surface area contributed by atoms with E-state index >= 15 is 0 Å². The molecule has 2 aromatic heterocycles. The van der Waals surface area contributed by atoms with E-state index in [-0.39, 0.29) is 19.6 Å². The molecule has 45 heavy (non-hydrogen) atoms. The zero-order valence-corrected chi connectivity index (χ0v) is 24.2. The molecule has 1 saturated heterocycles. The summed E-state index contributed by atoms with van der Waals surface area (Å²) in [7, 11) is 0. The molecule has 0 N–H and O–H groups in total. The van der Waals surface area contributed by atoms with Gasteiger partial charge in [0.1, 0.15) is 19.5 Å². The van der Waals surface area contributed by atoms with E-state index in [9.17, 15) is 4.79 Å². The topological polar surface area (TPSA) is 110 Å². The van der Waals surface area contributed by atoms with Gasteiger partial charge >= 0.3 is 0 Å². The Balaban J connectivity index is 0.000000185. The highest BCUT2D eigenvalue weighted by Gasteiger charge is 2.24. The van der Waals surface area contributed by atoms with Crippen LogP contribution in [-0.4, -0.2) is 72.0 Å². The molecule has 2 aromatic carbocycles. The summed E-state index contributed by atoms with van der Waals surface area (Å²) in [6, 6.07) is 25.4. The van der Waals surface area contributed by atoms with Crippen LogP contribution in [-0.2, 0) is 6.54 Å². The fraction of sp³-hybridized carbons (Fsp3) is 0.314. The minimum absolute atomic E-state index is 0. The Kier molecular flexibility index (Phi) is 10.6. The van der Waals surface area contributed by atoms with Crippen LogP contribution in [0.2, 0.25) is 0 Å². The number of fused-ring (bicyclic) bond motifs is 2. The van der Waals surface area contributed by atoms with E-state index in [0.717, 1.165) is 50.1 Å². The standard InChI is InChI=1S/C20H22N4O2.C14H11NO3.CH4/c21-7-9-23-10-12-24(13-11-23)14-16-3-5-17(6-4-16)19-15-25-18-2-1-8-22-20(18)26-19;16-8-10-3-5-11(6-4-10)13-9-17-12-2-1-7-15-14(12)18-13;/h1-6,8,19H,9-15H2;1-8,13H,9H2;1H4/t19-;13-;/m11./s1. The van der Waals surface area contributed by atoms with E-state index in [1.807, 2.05) is 30.3 Å². The largest absolute Gasteiger partial charge is 0.484 e. The number of hydrogen-bond donors (Lipinski definition) is 0. The predicted octanol–water partition coefficient (Wildman–Crippen LogP) is 5.28. The summed E-state index contributed by atoms with van der Waals surface area (Å²) in [6.07, 6.45) is 3.89. The van der Waals surface area contributed by atoms with Crippen molar-refractivity contribution in [2.24, 2.45) is 0 Å². The molecule has 232 valence electrons. The van der Waals surface area contributed by atoms with Crippen LogP contribution in [0.25, 0.3) is 0 Å². The lowest BCUT2D eigenvalue weighted by Crippen LogP contribution is -2.45. The first-order valence-corrected chi connectivity index (χ1v) is 14.6. The quantitative estimate of drug-likeness (QED) is 0.212. The summed E-state index contributed by atoms with van der Waals surface area (Å²) in [4.78, 5) is 23.6. The van der Waals surface area contributed by atoms with Crippen molar-refractivity contribution in [2.75, 3.05) is 45.9 Å². The molecule has 0 radical (unpaired) electrons. The molecule has 3 aliphatic rings. The van der Waals surface area contributed by atoms with Gasteiger partial charge in [-0.25, -0.2) is 9.97 Å². The zero-order chi connectivity index (χ0) is 30.1. The molecule has 0 bridgehead atoms. The van der Waals surface area contributed by atoms with Gasteiger partial charge in [-0.15, -0.1) is 0 Å². The fourth-order valence-corrected chi connectivity index (χ4v) is 5.24. The molecular formula is C35H37N5O5. The van der Waals surface area contributed by atoms with Crippen LogP contribution in [0.5, 0.6) is 23.3 Å². The fourth-order valence-electron chi connectivity index (χ4n) is 5.24. The number of pyridine rings is 2. The van der Waals surface area contributed by atoms with Crippen molar-refractivity contribution in [1.29, 1.82) is 5.26 Å². The zero-order valence-electron chi connectivity index (χ0n) is 24.2. The number of ether oxygens (including phenoxy) is 4. The van der Waals surface area contributed by atoms with Gasteiger partial charge in [-0.2, -0.15) is 5.26 Å². The van der Waals surface area contributed by atoms with E-state index in [0.29, 0.717) is 48.6 Å². The highest BCUT2D eigenvalue weighted by Crippen LogP contribution is 2.35. The molecule has 4 aromatic rings. The number of hydrogen-bond acceptors (Lipinski definition) is 10. The number of rotatable bonds is 6. The molecule has 5 heterocycles. The van der Waals surface area contributed by atoms with Crippen LogP contribution in [0.1, 0.15) is 46.7 Å². The third-order valence-corrected chi connectivity index (χ3v) is 7.72. The summed E-state index contributed by atoms with van der Waals surface area (Å²) < 4.78 is 23.1. The molecule has 7 rings (SSSR count). The number of piperazine rings is 1. The number of aldehydes is 1. The molecule has 1 fully saturated rings.